The fourth-order valence-corrected chi connectivity index (χ4v) is 3.53. The average molecular weight is 417 g/mol. The number of benzene rings is 2. The fourth-order valence-electron chi connectivity index (χ4n) is 3.35. The van der Waals surface area contributed by atoms with Gasteiger partial charge in [0.25, 0.3) is 5.91 Å². The van der Waals surface area contributed by atoms with Crippen LogP contribution in [0.1, 0.15) is 43.9 Å². The molecule has 154 valence electrons. The Morgan fingerprint density at radius 1 is 1.21 bits per heavy atom. The van der Waals surface area contributed by atoms with E-state index < -0.39 is 6.04 Å². The summed E-state index contributed by atoms with van der Waals surface area (Å²) < 4.78 is 11.2. The van der Waals surface area contributed by atoms with E-state index in [2.05, 4.69) is 12.2 Å². The predicted octanol–water partition coefficient (Wildman–Crippen LogP) is 4.25. The lowest BCUT2D eigenvalue weighted by atomic mass is 10.1. The van der Waals surface area contributed by atoms with Crippen LogP contribution in [0.4, 0.5) is 5.69 Å². The van der Waals surface area contributed by atoms with Crippen molar-refractivity contribution < 1.29 is 19.1 Å². The third kappa shape index (κ3) is 4.65. The summed E-state index contributed by atoms with van der Waals surface area (Å²) in [4.78, 5) is 26.3. The van der Waals surface area contributed by atoms with Crippen molar-refractivity contribution in [3.63, 3.8) is 0 Å². The lowest BCUT2D eigenvalue weighted by Gasteiger charge is -2.19. The van der Waals surface area contributed by atoms with Crippen LogP contribution in [0.5, 0.6) is 11.5 Å². The quantitative estimate of drug-likeness (QED) is 0.653. The number of halogens is 1. The molecule has 1 N–H and O–H groups in total. The van der Waals surface area contributed by atoms with Crippen LogP contribution in [-0.4, -0.2) is 25.5 Å². The zero-order chi connectivity index (χ0) is 21.0. The highest BCUT2D eigenvalue weighted by Gasteiger charge is 2.38. The normalized spacial score (nSPS) is 15.2. The molecule has 0 saturated carbocycles. The van der Waals surface area contributed by atoms with E-state index >= 15 is 0 Å². The summed E-state index contributed by atoms with van der Waals surface area (Å²) in [6, 6.07) is 10.2. The molecule has 1 aliphatic heterocycles. The number of unbranched alkanes of at least 4 members (excludes halogenated alkanes) is 1. The smallest absolute Gasteiger partial charge is 0.254 e. The molecule has 2 aromatic carbocycles. The Morgan fingerprint density at radius 2 is 2.00 bits per heavy atom. The van der Waals surface area contributed by atoms with Gasteiger partial charge in [-0.15, -0.1) is 0 Å². The molecule has 7 heteroatoms. The number of methoxy groups -OCH3 is 1. The molecule has 0 bridgehead atoms. The Balaban J connectivity index is 1.86. The molecule has 0 radical (unpaired) electrons. The monoisotopic (exact) mass is 416 g/mol. The van der Waals surface area contributed by atoms with Gasteiger partial charge in [0.1, 0.15) is 6.04 Å². The summed E-state index contributed by atoms with van der Waals surface area (Å²) in [6.45, 7) is 4.47. The molecular formula is C22H25ClN2O4. The molecule has 1 aliphatic rings. The lowest BCUT2D eigenvalue weighted by Crippen LogP contribution is -2.36. The van der Waals surface area contributed by atoms with Crippen molar-refractivity contribution in [1.29, 1.82) is 0 Å². The van der Waals surface area contributed by atoms with Crippen molar-refractivity contribution in [3.05, 3.63) is 52.5 Å². The molecule has 3 rings (SSSR count). The van der Waals surface area contributed by atoms with Gasteiger partial charge in [0, 0.05) is 23.2 Å². The predicted molar refractivity (Wildman–Crippen MR) is 113 cm³/mol. The highest BCUT2D eigenvalue weighted by molar-refractivity contribution is 6.31. The number of carbonyl (C=O) groups excluding carboxylic acids is 2. The Morgan fingerprint density at radius 3 is 2.69 bits per heavy atom. The van der Waals surface area contributed by atoms with Crippen LogP contribution >= 0.6 is 11.6 Å². The van der Waals surface area contributed by atoms with Gasteiger partial charge < -0.3 is 19.7 Å². The van der Waals surface area contributed by atoms with Gasteiger partial charge in [0.05, 0.1) is 20.3 Å². The van der Waals surface area contributed by atoms with Crippen LogP contribution in [-0.2, 0) is 16.1 Å². The average Bonchev–Trinajstić information content (AvgIpc) is 2.93. The van der Waals surface area contributed by atoms with Crippen LogP contribution in [0.3, 0.4) is 0 Å². The summed E-state index contributed by atoms with van der Waals surface area (Å²) in [7, 11) is 1.59. The van der Waals surface area contributed by atoms with Gasteiger partial charge in [-0.05, 0) is 42.3 Å². The molecule has 1 heterocycles. The fraction of sp³-hybridized carbons (Fsp3) is 0.364. The second-order valence-electron chi connectivity index (χ2n) is 6.95. The summed E-state index contributed by atoms with van der Waals surface area (Å²) >= 11 is 6.12. The molecule has 6 nitrogen and oxygen atoms in total. The van der Waals surface area contributed by atoms with Gasteiger partial charge >= 0.3 is 0 Å². The van der Waals surface area contributed by atoms with E-state index in [-0.39, 0.29) is 11.8 Å². The Labute approximate surface area is 175 Å². The third-order valence-corrected chi connectivity index (χ3v) is 5.01. The lowest BCUT2D eigenvalue weighted by molar-refractivity contribution is -0.126. The first kappa shape index (κ1) is 21.0. The molecule has 0 aromatic heterocycles. The summed E-state index contributed by atoms with van der Waals surface area (Å²) in [5.74, 6) is 0.840. The SMILES string of the molecule is CCCCOc1ccc(CN2C(=O)C(NC(C)=O)c3cc(Cl)ccc32)cc1OC. The first-order valence-corrected chi connectivity index (χ1v) is 10.00. The maximum absolute atomic E-state index is 13.0. The molecule has 0 saturated heterocycles. The van der Waals surface area contributed by atoms with E-state index in [9.17, 15) is 9.59 Å². The van der Waals surface area contributed by atoms with Crippen molar-refractivity contribution in [2.45, 2.75) is 39.3 Å². The number of ether oxygens (including phenoxy) is 2. The molecule has 0 spiro atoms. The minimum absolute atomic E-state index is 0.195. The summed E-state index contributed by atoms with van der Waals surface area (Å²) in [5.41, 5.74) is 2.33. The summed E-state index contributed by atoms with van der Waals surface area (Å²) in [6.07, 6.45) is 2.02. The third-order valence-electron chi connectivity index (χ3n) is 4.78. The van der Waals surface area contributed by atoms with Crippen LogP contribution in [0.25, 0.3) is 0 Å². The molecule has 1 unspecified atom stereocenters. The maximum Gasteiger partial charge on any atom is 0.254 e. The van der Waals surface area contributed by atoms with Crippen molar-refractivity contribution >= 4 is 29.1 Å². The van der Waals surface area contributed by atoms with Crippen LogP contribution < -0.4 is 19.7 Å². The maximum atomic E-state index is 13.0. The number of rotatable bonds is 8. The van der Waals surface area contributed by atoms with Gasteiger partial charge in [-0.25, -0.2) is 0 Å². The molecule has 0 aliphatic carbocycles. The number of amides is 2. The van der Waals surface area contributed by atoms with Crippen LogP contribution in [0, 0.1) is 0 Å². The molecule has 1 atom stereocenters. The minimum Gasteiger partial charge on any atom is -0.493 e. The number of nitrogens with one attached hydrogen (secondary N) is 1. The Hall–Kier alpha value is -2.73. The van der Waals surface area contributed by atoms with Crippen molar-refractivity contribution in [2.75, 3.05) is 18.6 Å². The standard InChI is InChI=1S/C22H25ClN2O4/c1-4-5-10-29-19-9-6-15(11-20(19)28-3)13-25-18-8-7-16(23)12-17(18)21(22(25)27)24-14(2)26/h6-9,11-12,21H,4-5,10,13H2,1-3H3,(H,24,26). The number of hydrogen-bond donors (Lipinski definition) is 1. The number of nitrogens with zero attached hydrogens (tertiary/aromatic N) is 1. The molecule has 2 amide bonds. The van der Waals surface area contributed by atoms with Gasteiger partial charge in [0.2, 0.25) is 5.91 Å². The summed E-state index contributed by atoms with van der Waals surface area (Å²) in [5, 5.41) is 3.24. The number of carbonyl (C=O) groups is 2. The zero-order valence-corrected chi connectivity index (χ0v) is 17.6. The van der Waals surface area contributed by atoms with Gasteiger partial charge in [-0.3, -0.25) is 9.59 Å². The van der Waals surface area contributed by atoms with Crippen molar-refractivity contribution in [3.8, 4) is 11.5 Å². The highest BCUT2D eigenvalue weighted by Crippen LogP contribution is 2.39. The van der Waals surface area contributed by atoms with Crippen LogP contribution in [0.2, 0.25) is 5.02 Å². The highest BCUT2D eigenvalue weighted by atomic mass is 35.5. The largest absolute Gasteiger partial charge is 0.493 e. The van der Waals surface area contributed by atoms with Gasteiger partial charge in [0.15, 0.2) is 11.5 Å². The van der Waals surface area contributed by atoms with Gasteiger partial charge in [-0.2, -0.15) is 0 Å². The number of hydrogen-bond acceptors (Lipinski definition) is 4. The zero-order valence-electron chi connectivity index (χ0n) is 16.8. The van der Waals surface area contributed by atoms with E-state index in [0.29, 0.717) is 35.2 Å². The number of fused-ring (bicyclic) bond motifs is 1. The van der Waals surface area contributed by atoms with E-state index in [1.165, 1.54) is 6.92 Å². The van der Waals surface area contributed by atoms with Gasteiger partial charge in [-0.1, -0.05) is 31.0 Å². The molecule has 0 fully saturated rings. The number of anilines is 1. The topological polar surface area (TPSA) is 67.9 Å². The van der Waals surface area contributed by atoms with Crippen molar-refractivity contribution in [1.82, 2.24) is 5.32 Å². The first-order chi connectivity index (χ1) is 13.9. The Kier molecular flexibility index (Phi) is 6.64. The second-order valence-corrected chi connectivity index (χ2v) is 7.38. The van der Waals surface area contributed by atoms with E-state index in [1.54, 1.807) is 30.2 Å². The Bertz CT molecular complexity index is 916. The van der Waals surface area contributed by atoms with E-state index in [4.69, 9.17) is 21.1 Å². The first-order valence-electron chi connectivity index (χ1n) is 9.62. The van der Waals surface area contributed by atoms with Crippen molar-refractivity contribution in [2.24, 2.45) is 0 Å². The van der Waals surface area contributed by atoms with Crippen LogP contribution in [0.15, 0.2) is 36.4 Å². The van der Waals surface area contributed by atoms with E-state index in [1.807, 2.05) is 18.2 Å². The minimum atomic E-state index is -0.736. The van der Waals surface area contributed by atoms with E-state index in [0.717, 1.165) is 24.1 Å². The molecule has 2 aromatic rings. The molecule has 29 heavy (non-hydrogen) atoms. The molecular weight excluding hydrogens is 392 g/mol. The second kappa shape index (κ2) is 9.18.